The summed E-state index contributed by atoms with van der Waals surface area (Å²) in [4.78, 5) is 14.2. The lowest BCUT2D eigenvalue weighted by molar-refractivity contribution is -0.120. The first-order valence-corrected chi connectivity index (χ1v) is 9.19. The average molecular weight is 380 g/mol. The Balaban J connectivity index is 1.59. The van der Waals surface area contributed by atoms with Gasteiger partial charge >= 0.3 is 0 Å². The number of amides is 1. The van der Waals surface area contributed by atoms with Crippen molar-refractivity contribution in [1.29, 1.82) is 0 Å². The summed E-state index contributed by atoms with van der Waals surface area (Å²) in [6.07, 6.45) is 0.0351. The fraction of sp³-hybridized carbons (Fsp3) is 0.273. The van der Waals surface area contributed by atoms with Crippen molar-refractivity contribution in [2.45, 2.75) is 19.5 Å². The lowest BCUT2D eigenvalue weighted by Crippen LogP contribution is -2.24. The van der Waals surface area contributed by atoms with Gasteiger partial charge in [-0.3, -0.25) is 9.48 Å². The van der Waals surface area contributed by atoms with Crippen molar-refractivity contribution in [2.75, 3.05) is 14.1 Å². The molecule has 0 aliphatic heterocycles. The molecule has 0 radical (unpaired) electrons. The molecule has 1 heterocycles. The first-order chi connectivity index (χ1) is 13.4. The first kappa shape index (κ1) is 19.8. The third-order valence-corrected chi connectivity index (χ3v) is 4.50. The van der Waals surface area contributed by atoms with Gasteiger partial charge in [-0.15, -0.1) is 0 Å². The molecule has 0 aliphatic rings. The van der Waals surface area contributed by atoms with E-state index in [1.165, 1.54) is 6.07 Å². The number of halogens is 1. The molecule has 0 spiro atoms. The molecule has 3 rings (SSSR count). The van der Waals surface area contributed by atoms with Crippen LogP contribution >= 0.6 is 0 Å². The molecule has 0 atom stereocenters. The van der Waals surface area contributed by atoms with E-state index >= 15 is 0 Å². The average Bonchev–Trinajstić information content (AvgIpc) is 3.02. The summed E-state index contributed by atoms with van der Waals surface area (Å²) in [7, 11) is 6.01. The van der Waals surface area contributed by atoms with Crippen LogP contribution < -0.4 is 5.32 Å². The minimum absolute atomic E-state index is 0.0351. The Hall–Kier alpha value is -2.99. The van der Waals surface area contributed by atoms with Gasteiger partial charge in [0.15, 0.2) is 0 Å². The number of hydrogen-bond acceptors (Lipinski definition) is 3. The van der Waals surface area contributed by atoms with Crippen LogP contribution in [0.2, 0.25) is 0 Å². The molecule has 1 N–H and O–H groups in total. The fourth-order valence-corrected chi connectivity index (χ4v) is 2.99. The van der Waals surface area contributed by atoms with Gasteiger partial charge in [0.1, 0.15) is 5.82 Å². The van der Waals surface area contributed by atoms with E-state index in [0.29, 0.717) is 12.1 Å². The molecule has 146 valence electrons. The Morgan fingerprint density at radius 3 is 2.54 bits per heavy atom. The molecule has 0 saturated heterocycles. The largest absolute Gasteiger partial charge is 0.352 e. The number of benzene rings is 2. The van der Waals surface area contributed by atoms with Crippen LogP contribution in [0.15, 0.2) is 54.6 Å². The Bertz CT molecular complexity index is 947. The van der Waals surface area contributed by atoms with E-state index in [1.807, 2.05) is 50.1 Å². The Kier molecular flexibility index (Phi) is 6.21. The van der Waals surface area contributed by atoms with Crippen molar-refractivity contribution in [3.63, 3.8) is 0 Å². The van der Waals surface area contributed by atoms with Gasteiger partial charge in [-0.05, 0) is 37.4 Å². The van der Waals surface area contributed by atoms with E-state index < -0.39 is 0 Å². The highest BCUT2D eigenvalue weighted by molar-refractivity contribution is 5.78. The zero-order chi connectivity index (χ0) is 20.1. The highest BCUT2D eigenvalue weighted by Gasteiger charge is 2.09. The molecule has 28 heavy (non-hydrogen) atoms. The molecule has 0 saturated carbocycles. The summed E-state index contributed by atoms with van der Waals surface area (Å²) in [6.45, 7) is 1.23. The van der Waals surface area contributed by atoms with Crippen LogP contribution in [-0.2, 0) is 31.4 Å². The summed E-state index contributed by atoms with van der Waals surface area (Å²) in [5.74, 6) is -0.557. The van der Waals surface area contributed by atoms with Gasteiger partial charge in [-0.25, -0.2) is 4.39 Å². The standard InChI is InChI=1S/C22H25FN4O/c1-26(2)15-19-13-21(25-27(19)3)17-10-8-16(9-11-17)14-24-22(28)12-18-6-4-5-7-20(18)23/h4-11,13H,12,14-15H2,1-3H3,(H,24,28). The highest BCUT2D eigenvalue weighted by atomic mass is 19.1. The maximum atomic E-state index is 13.6. The van der Waals surface area contributed by atoms with Crippen LogP contribution in [0.3, 0.4) is 0 Å². The minimum atomic E-state index is -0.356. The number of nitrogens with zero attached hydrogens (tertiary/aromatic N) is 3. The number of carbonyl (C=O) groups is 1. The lowest BCUT2D eigenvalue weighted by atomic mass is 10.1. The van der Waals surface area contributed by atoms with Crippen LogP contribution in [0.1, 0.15) is 16.8 Å². The lowest BCUT2D eigenvalue weighted by Gasteiger charge is -2.08. The van der Waals surface area contributed by atoms with E-state index in [9.17, 15) is 9.18 Å². The van der Waals surface area contributed by atoms with Gasteiger partial charge in [-0.2, -0.15) is 5.10 Å². The first-order valence-electron chi connectivity index (χ1n) is 9.19. The molecule has 0 unspecified atom stereocenters. The van der Waals surface area contributed by atoms with Gasteiger partial charge in [0.05, 0.1) is 17.8 Å². The normalized spacial score (nSPS) is 11.0. The second-order valence-electron chi connectivity index (χ2n) is 7.12. The van der Waals surface area contributed by atoms with Gasteiger partial charge in [0.2, 0.25) is 5.91 Å². The predicted octanol–water partition coefficient (Wildman–Crippen LogP) is 3.15. The third kappa shape index (κ3) is 5.04. The van der Waals surface area contributed by atoms with E-state index in [1.54, 1.807) is 18.2 Å². The smallest absolute Gasteiger partial charge is 0.224 e. The highest BCUT2D eigenvalue weighted by Crippen LogP contribution is 2.20. The number of aryl methyl sites for hydroxylation is 1. The number of hydrogen-bond donors (Lipinski definition) is 1. The van der Waals surface area contributed by atoms with Gasteiger partial charge in [0, 0.05) is 25.7 Å². The zero-order valence-electron chi connectivity index (χ0n) is 16.4. The molecule has 0 fully saturated rings. The van der Waals surface area contributed by atoms with Crippen LogP contribution in [0.5, 0.6) is 0 Å². The quantitative estimate of drug-likeness (QED) is 0.685. The SMILES string of the molecule is CN(C)Cc1cc(-c2ccc(CNC(=O)Cc3ccccc3F)cc2)nn1C. The molecular weight excluding hydrogens is 355 g/mol. The van der Waals surface area contributed by atoms with Crippen molar-refractivity contribution in [3.8, 4) is 11.3 Å². The van der Waals surface area contributed by atoms with E-state index in [0.717, 1.165) is 29.1 Å². The predicted molar refractivity (Wildman–Crippen MR) is 108 cm³/mol. The molecule has 0 bridgehead atoms. The maximum Gasteiger partial charge on any atom is 0.224 e. The van der Waals surface area contributed by atoms with Gasteiger partial charge in [-0.1, -0.05) is 42.5 Å². The summed E-state index contributed by atoms with van der Waals surface area (Å²) in [5.41, 5.74) is 4.48. The molecule has 1 amide bonds. The Labute approximate surface area is 164 Å². The van der Waals surface area contributed by atoms with Crippen LogP contribution in [0, 0.1) is 5.82 Å². The van der Waals surface area contributed by atoms with Crippen molar-refractivity contribution in [1.82, 2.24) is 20.0 Å². The van der Waals surface area contributed by atoms with E-state index in [4.69, 9.17) is 0 Å². The topological polar surface area (TPSA) is 50.2 Å². The Morgan fingerprint density at radius 1 is 1.14 bits per heavy atom. The third-order valence-electron chi connectivity index (χ3n) is 4.50. The molecule has 1 aromatic heterocycles. The van der Waals surface area contributed by atoms with Crippen molar-refractivity contribution in [2.24, 2.45) is 7.05 Å². The van der Waals surface area contributed by atoms with Crippen LogP contribution in [-0.4, -0.2) is 34.7 Å². The summed E-state index contributed by atoms with van der Waals surface area (Å²) >= 11 is 0. The molecule has 5 nitrogen and oxygen atoms in total. The fourth-order valence-electron chi connectivity index (χ4n) is 2.99. The summed E-state index contributed by atoms with van der Waals surface area (Å²) < 4.78 is 15.5. The monoisotopic (exact) mass is 380 g/mol. The molecule has 3 aromatic rings. The van der Waals surface area contributed by atoms with Crippen LogP contribution in [0.25, 0.3) is 11.3 Å². The minimum Gasteiger partial charge on any atom is -0.352 e. The second kappa shape index (κ2) is 8.80. The maximum absolute atomic E-state index is 13.6. The van der Waals surface area contributed by atoms with Crippen molar-refractivity contribution >= 4 is 5.91 Å². The van der Waals surface area contributed by atoms with Gasteiger partial charge < -0.3 is 10.2 Å². The van der Waals surface area contributed by atoms with Crippen LogP contribution in [0.4, 0.5) is 4.39 Å². The zero-order valence-corrected chi connectivity index (χ0v) is 16.4. The van der Waals surface area contributed by atoms with Gasteiger partial charge in [0.25, 0.3) is 0 Å². The molecule has 0 aliphatic carbocycles. The van der Waals surface area contributed by atoms with E-state index in [2.05, 4.69) is 21.4 Å². The molecular formula is C22H25FN4O. The van der Waals surface area contributed by atoms with Crippen molar-refractivity contribution in [3.05, 3.63) is 77.2 Å². The number of nitrogens with one attached hydrogen (secondary N) is 1. The Morgan fingerprint density at radius 2 is 1.86 bits per heavy atom. The van der Waals surface area contributed by atoms with E-state index in [-0.39, 0.29) is 18.1 Å². The number of rotatable bonds is 7. The molecule has 6 heteroatoms. The number of aromatic nitrogens is 2. The second-order valence-corrected chi connectivity index (χ2v) is 7.12. The molecule has 2 aromatic carbocycles. The summed E-state index contributed by atoms with van der Waals surface area (Å²) in [6, 6.07) is 16.4. The summed E-state index contributed by atoms with van der Waals surface area (Å²) in [5, 5.41) is 7.42. The number of carbonyl (C=O) groups excluding carboxylic acids is 1. The van der Waals surface area contributed by atoms with Crippen molar-refractivity contribution < 1.29 is 9.18 Å².